The second kappa shape index (κ2) is 6.95. The Kier molecular flexibility index (Phi) is 5.40. The number of nitrogens with zero attached hydrogens (tertiary/aromatic N) is 1. The van der Waals surface area contributed by atoms with Crippen LogP contribution in [-0.2, 0) is 9.47 Å². The van der Waals surface area contributed by atoms with Gasteiger partial charge in [0.25, 0.3) is 6.03 Å². The van der Waals surface area contributed by atoms with Gasteiger partial charge in [0, 0.05) is 17.2 Å². The highest BCUT2D eigenvalue weighted by molar-refractivity contribution is 6.30. The lowest BCUT2D eigenvalue weighted by atomic mass is 10.2. The summed E-state index contributed by atoms with van der Waals surface area (Å²) in [5, 5.41) is 20.1. The molecule has 10 heteroatoms. The maximum absolute atomic E-state index is 11.1. The Balaban J connectivity index is 2.16. The summed E-state index contributed by atoms with van der Waals surface area (Å²) in [6, 6.07) is 2.96. The van der Waals surface area contributed by atoms with Crippen molar-refractivity contribution in [3.8, 4) is 5.75 Å². The molecule has 0 spiro atoms. The average molecular weight is 347 g/mol. The van der Waals surface area contributed by atoms with Crippen LogP contribution >= 0.6 is 11.6 Å². The predicted molar refractivity (Wildman–Crippen MR) is 83.3 cm³/mol. The number of hydrogen-bond acceptors (Lipinski definition) is 8. The second-order valence-electron chi connectivity index (χ2n) is 4.91. The molecule has 1 aliphatic heterocycles. The van der Waals surface area contributed by atoms with Crippen molar-refractivity contribution in [2.45, 2.75) is 11.8 Å². The lowest BCUT2D eigenvalue weighted by molar-refractivity contribution is -0.386. The van der Waals surface area contributed by atoms with Crippen molar-refractivity contribution < 1.29 is 19.1 Å². The molecule has 3 N–H and O–H groups in total. The van der Waals surface area contributed by atoms with Gasteiger partial charge in [-0.25, -0.2) is 0 Å². The maximum atomic E-state index is 11.1. The quantitative estimate of drug-likeness (QED) is 0.375. The predicted octanol–water partition coefficient (Wildman–Crippen LogP) is 0.640. The standard InChI is InChI=1S/C13H19ClN4O5/c1-15-12(8-22-13(16-2,17-3)23-12)7-21-11-6-9(14)4-5-10(11)18(19)20/h4-6,15-17H,7-8H2,1-3H3. The molecule has 1 atom stereocenters. The van der Waals surface area contributed by atoms with Crippen molar-refractivity contribution in [2.75, 3.05) is 34.4 Å². The van der Waals surface area contributed by atoms with Crippen LogP contribution < -0.4 is 20.7 Å². The molecule has 1 saturated heterocycles. The molecule has 1 fully saturated rings. The van der Waals surface area contributed by atoms with Crippen LogP contribution in [0.2, 0.25) is 5.02 Å². The molecule has 1 aromatic rings. The Morgan fingerprint density at radius 3 is 2.57 bits per heavy atom. The highest BCUT2D eigenvalue weighted by Gasteiger charge is 2.50. The third-order valence-corrected chi connectivity index (χ3v) is 3.78. The summed E-state index contributed by atoms with van der Waals surface area (Å²) in [5.41, 5.74) is -1.16. The molecule has 1 aromatic carbocycles. The molecule has 2 rings (SSSR count). The van der Waals surface area contributed by atoms with E-state index in [1.807, 2.05) is 0 Å². The fourth-order valence-electron chi connectivity index (χ4n) is 2.14. The highest BCUT2D eigenvalue weighted by atomic mass is 35.5. The van der Waals surface area contributed by atoms with Gasteiger partial charge in [-0.15, -0.1) is 0 Å². The molecule has 1 heterocycles. The Bertz CT molecular complexity index is 583. The van der Waals surface area contributed by atoms with Crippen LogP contribution in [0.25, 0.3) is 0 Å². The van der Waals surface area contributed by atoms with Crippen molar-refractivity contribution in [3.63, 3.8) is 0 Å². The molecule has 0 aromatic heterocycles. The molecule has 0 saturated carbocycles. The van der Waals surface area contributed by atoms with Crippen molar-refractivity contribution in [2.24, 2.45) is 0 Å². The summed E-state index contributed by atoms with van der Waals surface area (Å²) in [6.07, 6.45) is 0. The van der Waals surface area contributed by atoms with Gasteiger partial charge in [-0.1, -0.05) is 11.6 Å². The Hall–Kier alpha value is -1.49. The SMILES string of the molecule is CNC1(COc2cc(Cl)ccc2[N+](=O)[O-])COC(NC)(NC)O1. The van der Waals surface area contributed by atoms with Gasteiger partial charge in [0.1, 0.15) is 6.61 Å². The molecular weight excluding hydrogens is 328 g/mol. The summed E-state index contributed by atoms with van der Waals surface area (Å²) < 4.78 is 17.0. The fraction of sp³-hybridized carbons (Fsp3) is 0.538. The third-order valence-electron chi connectivity index (χ3n) is 3.54. The van der Waals surface area contributed by atoms with E-state index in [2.05, 4.69) is 16.0 Å². The minimum atomic E-state index is -1.16. The van der Waals surface area contributed by atoms with Gasteiger partial charge in [0.2, 0.25) is 0 Å². The topological polar surface area (TPSA) is 107 Å². The van der Waals surface area contributed by atoms with E-state index in [0.717, 1.165) is 0 Å². The van der Waals surface area contributed by atoms with Crippen molar-refractivity contribution >= 4 is 17.3 Å². The number of ether oxygens (including phenoxy) is 3. The van der Waals surface area contributed by atoms with Gasteiger partial charge in [-0.3, -0.25) is 30.8 Å². The smallest absolute Gasteiger partial charge is 0.311 e. The van der Waals surface area contributed by atoms with E-state index in [4.69, 9.17) is 25.8 Å². The zero-order valence-corrected chi connectivity index (χ0v) is 13.8. The van der Waals surface area contributed by atoms with Crippen LogP contribution in [0.3, 0.4) is 0 Å². The van der Waals surface area contributed by atoms with Gasteiger partial charge >= 0.3 is 5.69 Å². The molecule has 0 amide bonds. The van der Waals surface area contributed by atoms with Crippen LogP contribution in [0.4, 0.5) is 5.69 Å². The maximum Gasteiger partial charge on any atom is 0.311 e. The third kappa shape index (κ3) is 3.71. The van der Waals surface area contributed by atoms with E-state index in [1.165, 1.54) is 18.2 Å². The molecule has 1 aliphatic rings. The van der Waals surface area contributed by atoms with Crippen molar-refractivity contribution in [1.29, 1.82) is 0 Å². The van der Waals surface area contributed by atoms with Gasteiger partial charge < -0.3 is 9.47 Å². The molecule has 23 heavy (non-hydrogen) atoms. The molecule has 0 radical (unpaired) electrons. The normalized spacial score (nSPS) is 23.0. The van der Waals surface area contributed by atoms with Crippen LogP contribution in [0.1, 0.15) is 0 Å². The fourth-order valence-corrected chi connectivity index (χ4v) is 2.30. The zero-order chi connectivity index (χ0) is 17.1. The largest absolute Gasteiger partial charge is 0.482 e. The molecule has 0 bridgehead atoms. The first-order valence-electron chi connectivity index (χ1n) is 6.87. The molecule has 0 aliphatic carbocycles. The van der Waals surface area contributed by atoms with Crippen LogP contribution in [0, 0.1) is 10.1 Å². The van der Waals surface area contributed by atoms with E-state index >= 15 is 0 Å². The summed E-state index contributed by atoms with van der Waals surface area (Å²) >= 11 is 5.88. The first-order chi connectivity index (χ1) is 10.9. The summed E-state index contributed by atoms with van der Waals surface area (Å²) in [4.78, 5) is 10.5. The monoisotopic (exact) mass is 346 g/mol. The number of nitro benzene ring substituents is 1. The molecule has 1 unspecified atom stereocenters. The zero-order valence-electron chi connectivity index (χ0n) is 13.0. The first kappa shape index (κ1) is 17.9. The Morgan fingerprint density at radius 2 is 2.04 bits per heavy atom. The van der Waals surface area contributed by atoms with Crippen molar-refractivity contribution in [1.82, 2.24) is 16.0 Å². The van der Waals surface area contributed by atoms with Gasteiger partial charge in [0.15, 0.2) is 11.5 Å². The Morgan fingerprint density at radius 1 is 1.35 bits per heavy atom. The minimum Gasteiger partial charge on any atom is -0.482 e. The lowest BCUT2D eigenvalue weighted by Crippen LogP contribution is -2.59. The van der Waals surface area contributed by atoms with E-state index in [9.17, 15) is 10.1 Å². The minimum absolute atomic E-state index is 0.0181. The van der Waals surface area contributed by atoms with Gasteiger partial charge in [0.05, 0.1) is 11.5 Å². The van der Waals surface area contributed by atoms with Gasteiger partial charge in [-0.05, 0) is 27.2 Å². The van der Waals surface area contributed by atoms with E-state index in [1.54, 1.807) is 21.1 Å². The van der Waals surface area contributed by atoms with Crippen LogP contribution in [-0.4, -0.2) is 51.0 Å². The number of benzene rings is 1. The summed E-state index contributed by atoms with van der Waals surface area (Å²) in [6.45, 7) is 0.148. The van der Waals surface area contributed by atoms with E-state index in [-0.39, 0.29) is 24.7 Å². The number of halogens is 1. The summed E-state index contributed by atoms with van der Waals surface area (Å²) in [5.74, 6) is 0.0622. The lowest BCUT2D eigenvalue weighted by Gasteiger charge is -2.31. The van der Waals surface area contributed by atoms with Crippen LogP contribution in [0.5, 0.6) is 5.75 Å². The summed E-state index contributed by atoms with van der Waals surface area (Å²) in [7, 11) is 5.02. The number of rotatable bonds is 7. The first-order valence-corrected chi connectivity index (χ1v) is 7.24. The number of nitro groups is 1. The molecular formula is C13H19ClN4O5. The number of likely N-dealkylation sites (N-methyl/N-ethyl adjacent to an activating group) is 1. The second-order valence-corrected chi connectivity index (χ2v) is 5.35. The highest BCUT2D eigenvalue weighted by Crippen LogP contribution is 2.32. The van der Waals surface area contributed by atoms with E-state index < -0.39 is 16.7 Å². The van der Waals surface area contributed by atoms with Crippen molar-refractivity contribution in [3.05, 3.63) is 33.3 Å². The number of nitrogens with one attached hydrogen (secondary N) is 3. The number of hydrogen-bond donors (Lipinski definition) is 3. The Labute approximate surface area is 138 Å². The van der Waals surface area contributed by atoms with Gasteiger partial charge in [-0.2, -0.15) is 0 Å². The molecule has 9 nitrogen and oxygen atoms in total. The molecule has 128 valence electrons. The van der Waals surface area contributed by atoms with Crippen LogP contribution in [0.15, 0.2) is 18.2 Å². The average Bonchev–Trinajstić information content (AvgIpc) is 2.93. The van der Waals surface area contributed by atoms with E-state index in [0.29, 0.717) is 5.02 Å².